The van der Waals surface area contributed by atoms with Crippen LogP contribution in [-0.2, 0) is 14.3 Å². The number of nitrogens with zero attached hydrogens (tertiary/aromatic N) is 1. The van der Waals surface area contributed by atoms with E-state index in [1.54, 1.807) is 11.8 Å². The molecule has 6 nitrogen and oxygen atoms in total. The smallest absolute Gasteiger partial charge is 0.410 e. The van der Waals surface area contributed by atoms with Gasteiger partial charge in [-0.1, -0.05) is 0 Å². The normalized spacial score (nSPS) is 26.3. The highest BCUT2D eigenvalue weighted by atomic mass is 16.6. The molecule has 2 saturated heterocycles. The Balaban J connectivity index is 1.89. The lowest BCUT2D eigenvalue weighted by molar-refractivity contribution is -0.166. The van der Waals surface area contributed by atoms with E-state index in [9.17, 15) is 9.59 Å². The Morgan fingerprint density at radius 1 is 1.40 bits per heavy atom. The van der Waals surface area contributed by atoms with Crippen molar-refractivity contribution >= 4 is 12.0 Å². The molecule has 0 saturated carbocycles. The van der Waals surface area contributed by atoms with Crippen LogP contribution in [0.5, 0.6) is 0 Å². The Hall–Kier alpha value is -1.30. The van der Waals surface area contributed by atoms with E-state index in [1.165, 1.54) is 0 Å². The second-order valence-corrected chi connectivity index (χ2v) is 6.63. The first-order valence-corrected chi connectivity index (χ1v) is 7.14. The minimum atomic E-state index is -0.476. The average molecular weight is 284 g/mol. The Kier molecular flexibility index (Phi) is 3.95. The fraction of sp³-hybridized carbons (Fsp3) is 0.857. The third-order valence-electron chi connectivity index (χ3n) is 3.71. The molecule has 0 aromatic heterocycles. The van der Waals surface area contributed by atoms with E-state index in [0.29, 0.717) is 19.6 Å². The summed E-state index contributed by atoms with van der Waals surface area (Å²) in [5.74, 6) is -0.0646. The van der Waals surface area contributed by atoms with Crippen LogP contribution < -0.4 is 5.32 Å². The topological polar surface area (TPSA) is 67.9 Å². The van der Waals surface area contributed by atoms with E-state index in [1.807, 2.05) is 20.8 Å². The standard InChI is InChI=1S/C14H24N2O4/c1-10-11(17)15-9-14(19-10)5-7-16(8-6-14)12(18)20-13(2,3)4/h10H,5-9H2,1-4H3,(H,15,17). The highest BCUT2D eigenvalue weighted by Crippen LogP contribution is 2.30. The molecule has 114 valence electrons. The van der Waals surface area contributed by atoms with Gasteiger partial charge in [0.1, 0.15) is 11.7 Å². The number of rotatable bonds is 0. The summed E-state index contributed by atoms with van der Waals surface area (Å²) in [4.78, 5) is 25.1. The highest BCUT2D eigenvalue weighted by Gasteiger charge is 2.43. The van der Waals surface area contributed by atoms with Gasteiger partial charge in [-0.05, 0) is 40.5 Å². The van der Waals surface area contributed by atoms with Crippen LogP contribution in [0.4, 0.5) is 4.79 Å². The molecule has 2 rings (SSSR count). The van der Waals surface area contributed by atoms with Gasteiger partial charge in [-0.15, -0.1) is 0 Å². The van der Waals surface area contributed by atoms with Gasteiger partial charge in [0.2, 0.25) is 5.91 Å². The minimum Gasteiger partial charge on any atom is -0.444 e. The van der Waals surface area contributed by atoms with Gasteiger partial charge in [-0.25, -0.2) is 4.79 Å². The van der Waals surface area contributed by atoms with Gasteiger partial charge in [-0.2, -0.15) is 0 Å². The van der Waals surface area contributed by atoms with Crippen molar-refractivity contribution in [3.05, 3.63) is 0 Å². The predicted molar refractivity (Wildman–Crippen MR) is 73.3 cm³/mol. The summed E-state index contributed by atoms with van der Waals surface area (Å²) in [5, 5.41) is 2.88. The summed E-state index contributed by atoms with van der Waals surface area (Å²) in [6.07, 6.45) is 0.741. The number of carbonyl (C=O) groups excluding carboxylic acids is 2. The minimum absolute atomic E-state index is 0.0646. The van der Waals surface area contributed by atoms with E-state index in [0.717, 1.165) is 12.8 Å². The van der Waals surface area contributed by atoms with Crippen LogP contribution in [0.15, 0.2) is 0 Å². The molecule has 1 spiro atoms. The first-order valence-electron chi connectivity index (χ1n) is 7.14. The molecule has 2 heterocycles. The van der Waals surface area contributed by atoms with Gasteiger partial charge < -0.3 is 19.7 Å². The van der Waals surface area contributed by atoms with Crippen LogP contribution in [0.3, 0.4) is 0 Å². The number of hydrogen-bond acceptors (Lipinski definition) is 4. The summed E-state index contributed by atoms with van der Waals surface area (Å²) in [7, 11) is 0. The van der Waals surface area contributed by atoms with E-state index >= 15 is 0 Å². The molecule has 0 radical (unpaired) electrons. The van der Waals surface area contributed by atoms with Gasteiger partial charge in [0.05, 0.1) is 5.60 Å². The molecule has 2 amide bonds. The van der Waals surface area contributed by atoms with Gasteiger partial charge in [0, 0.05) is 19.6 Å². The van der Waals surface area contributed by atoms with Gasteiger partial charge >= 0.3 is 6.09 Å². The second kappa shape index (κ2) is 5.24. The zero-order valence-corrected chi connectivity index (χ0v) is 12.7. The fourth-order valence-electron chi connectivity index (χ4n) is 2.58. The number of morpholine rings is 1. The van der Waals surface area contributed by atoms with Gasteiger partial charge in [-0.3, -0.25) is 4.79 Å². The third kappa shape index (κ3) is 3.42. The largest absolute Gasteiger partial charge is 0.444 e. The van der Waals surface area contributed by atoms with Crippen molar-refractivity contribution in [3.63, 3.8) is 0 Å². The molecule has 1 atom stereocenters. The van der Waals surface area contributed by atoms with Crippen LogP contribution in [0.2, 0.25) is 0 Å². The molecule has 1 unspecified atom stereocenters. The molecule has 0 bridgehead atoms. The Bertz CT molecular complexity index is 394. The fourth-order valence-corrected chi connectivity index (χ4v) is 2.58. The molecular formula is C14H24N2O4. The van der Waals surface area contributed by atoms with Crippen molar-refractivity contribution in [1.82, 2.24) is 10.2 Å². The van der Waals surface area contributed by atoms with Crippen molar-refractivity contribution in [2.24, 2.45) is 0 Å². The zero-order chi connectivity index (χ0) is 15.0. The van der Waals surface area contributed by atoms with E-state index in [-0.39, 0.29) is 17.6 Å². The third-order valence-corrected chi connectivity index (χ3v) is 3.71. The van der Waals surface area contributed by atoms with E-state index < -0.39 is 11.7 Å². The number of piperidine rings is 1. The lowest BCUT2D eigenvalue weighted by Crippen LogP contribution is -2.60. The molecule has 1 N–H and O–H groups in total. The number of nitrogens with one attached hydrogen (secondary N) is 1. The maximum atomic E-state index is 12.0. The van der Waals surface area contributed by atoms with Crippen LogP contribution in [0.25, 0.3) is 0 Å². The van der Waals surface area contributed by atoms with Crippen LogP contribution in [-0.4, -0.2) is 53.8 Å². The summed E-state index contributed by atoms with van der Waals surface area (Å²) >= 11 is 0. The quantitative estimate of drug-likeness (QED) is 0.728. The molecule has 6 heteroatoms. The number of carbonyl (C=O) groups is 2. The Morgan fingerprint density at radius 3 is 2.50 bits per heavy atom. The second-order valence-electron chi connectivity index (χ2n) is 6.63. The predicted octanol–water partition coefficient (Wildman–Crippen LogP) is 1.29. The molecule has 2 aliphatic heterocycles. The maximum Gasteiger partial charge on any atom is 0.410 e. The molecule has 2 fully saturated rings. The lowest BCUT2D eigenvalue weighted by Gasteiger charge is -2.45. The maximum absolute atomic E-state index is 12.0. The summed E-state index contributed by atoms with van der Waals surface area (Å²) in [6.45, 7) is 9.05. The first kappa shape index (κ1) is 15.1. The Labute approximate surface area is 119 Å². The molecule has 0 aliphatic carbocycles. The van der Waals surface area contributed by atoms with Crippen molar-refractivity contribution in [2.75, 3.05) is 19.6 Å². The summed E-state index contributed by atoms with van der Waals surface area (Å²) < 4.78 is 11.2. The number of hydrogen-bond donors (Lipinski definition) is 1. The van der Waals surface area contributed by atoms with Crippen molar-refractivity contribution < 1.29 is 19.1 Å². The van der Waals surface area contributed by atoms with Gasteiger partial charge in [0.15, 0.2) is 0 Å². The molecule has 0 aromatic rings. The molecule has 2 aliphatic rings. The van der Waals surface area contributed by atoms with Crippen molar-refractivity contribution in [3.8, 4) is 0 Å². The first-order chi connectivity index (χ1) is 9.21. The average Bonchev–Trinajstić information content (AvgIpc) is 2.33. The summed E-state index contributed by atoms with van der Waals surface area (Å²) in [6, 6.07) is 0. The molecule has 20 heavy (non-hydrogen) atoms. The van der Waals surface area contributed by atoms with Crippen LogP contribution in [0, 0.1) is 0 Å². The molecular weight excluding hydrogens is 260 g/mol. The van der Waals surface area contributed by atoms with E-state index in [4.69, 9.17) is 9.47 Å². The summed E-state index contributed by atoms with van der Waals surface area (Å²) in [5.41, 5.74) is -0.804. The van der Waals surface area contributed by atoms with Gasteiger partial charge in [0.25, 0.3) is 0 Å². The zero-order valence-electron chi connectivity index (χ0n) is 12.7. The van der Waals surface area contributed by atoms with Crippen LogP contribution >= 0.6 is 0 Å². The highest BCUT2D eigenvalue weighted by molar-refractivity contribution is 5.81. The Morgan fingerprint density at radius 2 is 2.00 bits per heavy atom. The van der Waals surface area contributed by atoms with Crippen molar-refractivity contribution in [2.45, 2.75) is 57.8 Å². The lowest BCUT2D eigenvalue weighted by atomic mass is 9.89. The van der Waals surface area contributed by atoms with Crippen LogP contribution in [0.1, 0.15) is 40.5 Å². The SMILES string of the molecule is CC1OC2(CCN(C(=O)OC(C)(C)C)CC2)CNC1=O. The number of likely N-dealkylation sites (tertiary alicyclic amines) is 1. The number of amides is 2. The molecule has 0 aromatic carbocycles. The monoisotopic (exact) mass is 284 g/mol. The number of ether oxygens (including phenoxy) is 2. The van der Waals surface area contributed by atoms with Crippen molar-refractivity contribution in [1.29, 1.82) is 0 Å². The van der Waals surface area contributed by atoms with E-state index in [2.05, 4.69) is 5.32 Å².